The maximum absolute atomic E-state index is 13.1. The summed E-state index contributed by atoms with van der Waals surface area (Å²) in [5, 5.41) is 10.2. The number of halogens is 2. The van der Waals surface area contributed by atoms with Crippen molar-refractivity contribution in [2.24, 2.45) is 0 Å². The van der Waals surface area contributed by atoms with E-state index in [1.54, 1.807) is 25.5 Å². The van der Waals surface area contributed by atoms with Crippen molar-refractivity contribution in [2.75, 3.05) is 25.6 Å². The second-order valence-corrected chi connectivity index (χ2v) is 6.47. The van der Waals surface area contributed by atoms with Gasteiger partial charge in [0.25, 0.3) is 0 Å². The molecule has 0 saturated carbocycles. The predicted octanol–water partition coefficient (Wildman–Crippen LogP) is 2.65. The Bertz CT molecular complexity index is 954. The van der Waals surface area contributed by atoms with Gasteiger partial charge in [0.1, 0.15) is 0 Å². The standard InChI is InChI=1S/C21H23N5O3.2ClH/c1-26(19-13-17(24-25-19)16-8-10-22-11-9-16)21(28)18(23-14-20(27)29-2)12-15-6-4-3-5-7-15;;/h3-11,13,18,23H,12,14H2,1-2H3,(H,24,25);2*1H. The number of likely N-dealkylation sites (N-methyl/N-ethyl adjacent to an activating group) is 1. The maximum atomic E-state index is 13.1. The van der Waals surface area contributed by atoms with Crippen LogP contribution >= 0.6 is 24.8 Å². The Labute approximate surface area is 193 Å². The lowest BCUT2D eigenvalue weighted by Gasteiger charge is -2.23. The molecule has 0 saturated heterocycles. The molecule has 31 heavy (non-hydrogen) atoms. The Hall–Kier alpha value is -2.94. The number of ether oxygens (including phenoxy) is 1. The molecule has 2 heterocycles. The molecule has 1 aromatic carbocycles. The molecule has 2 N–H and O–H groups in total. The number of esters is 1. The van der Waals surface area contributed by atoms with Gasteiger partial charge in [-0.25, -0.2) is 0 Å². The summed E-state index contributed by atoms with van der Waals surface area (Å²) in [5.74, 6) is -0.150. The zero-order valence-corrected chi connectivity index (χ0v) is 18.8. The number of aromatic amines is 1. The first-order valence-electron chi connectivity index (χ1n) is 9.16. The Kier molecular flexibility index (Phi) is 10.7. The summed E-state index contributed by atoms with van der Waals surface area (Å²) in [4.78, 5) is 30.2. The van der Waals surface area contributed by atoms with Gasteiger partial charge in [0.2, 0.25) is 5.91 Å². The zero-order valence-electron chi connectivity index (χ0n) is 17.1. The molecule has 0 aliphatic rings. The van der Waals surface area contributed by atoms with E-state index in [9.17, 15) is 9.59 Å². The average Bonchev–Trinajstić information content (AvgIpc) is 3.27. The summed E-state index contributed by atoms with van der Waals surface area (Å²) in [7, 11) is 2.97. The number of amides is 1. The molecule has 3 rings (SSSR count). The molecule has 0 fully saturated rings. The van der Waals surface area contributed by atoms with Crippen LogP contribution in [0.5, 0.6) is 0 Å². The number of aromatic nitrogens is 3. The average molecular weight is 466 g/mol. The van der Waals surface area contributed by atoms with Crippen LogP contribution in [0.1, 0.15) is 5.56 Å². The van der Waals surface area contributed by atoms with E-state index in [2.05, 4.69) is 25.2 Å². The number of H-pyrrole nitrogens is 1. The Morgan fingerprint density at radius 3 is 2.45 bits per heavy atom. The van der Waals surface area contributed by atoms with Gasteiger partial charge < -0.3 is 4.74 Å². The minimum absolute atomic E-state index is 0. The van der Waals surface area contributed by atoms with E-state index in [0.717, 1.165) is 16.8 Å². The van der Waals surface area contributed by atoms with Gasteiger partial charge >= 0.3 is 5.97 Å². The van der Waals surface area contributed by atoms with Gasteiger partial charge in [-0.1, -0.05) is 30.3 Å². The number of pyridine rings is 1. The normalized spacial score (nSPS) is 10.9. The molecule has 10 heteroatoms. The first kappa shape index (κ1) is 26.1. The van der Waals surface area contributed by atoms with Crippen LogP contribution in [0.15, 0.2) is 60.9 Å². The highest BCUT2D eigenvalue weighted by Gasteiger charge is 2.25. The molecule has 1 unspecified atom stereocenters. The molecule has 166 valence electrons. The van der Waals surface area contributed by atoms with Crippen molar-refractivity contribution >= 4 is 42.5 Å². The fraction of sp³-hybridized carbons (Fsp3) is 0.238. The van der Waals surface area contributed by atoms with Crippen molar-refractivity contribution in [2.45, 2.75) is 12.5 Å². The van der Waals surface area contributed by atoms with Crippen LogP contribution in [-0.4, -0.2) is 53.8 Å². The maximum Gasteiger partial charge on any atom is 0.319 e. The fourth-order valence-corrected chi connectivity index (χ4v) is 2.88. The highest BCUT2D eigenvalue weighted by Crippen LogP contribution is 2.21. The van der Waals surface area contributed by atoms with E-state index in [4.69, 9.17) is 0 Å². The van der Waals surface area contributed by atoms with Gasteiger partial charge in [0.15, 0.2) is 5.82 Å². The van der Waals surface area contributed by atoms with Gasteiger partial charge in [0, 0.05) is 31.1 Å². The molecule has 0 radical (unpaired) electrons. The summed E-state index contributed by atoms with van der Waals surface area (Å²) in [6.45, 7) is -0.0591. The van der Waals surface area contributed by atoms with Crippen molar-refractivity contribution in [3.63, 3.8) is 0 Å². The smallest absolute Gasteiger partial charge is 0.319 e. The number of hydrogen-bond donors (Lipinski definition) is 2. The molecule has 1 atom stereocenters. The Balaban J connectivity index is 0.00000240. The molecular weight excluding hydrogens is 441 g/mol. The minimum atomic E-state index is -0.609. The minimum Gasteiger partial charge on any atom is -0.468 e. The number of carbonyl (C=O) groups is 2. The fourth-order valence-electron chi connectivity index (χ4n) is 2.88. The van der Waals surface area contributed by atoms with Crippen LogP contribution in [0.4, 0.5) is 5.82 Å². The van der Waals surface area contributed by atoms with Gasteiger partial charge in [-0.05, 0) is 24.1 Å². The molecule has 3 aromatic rings. The van der Waals surface area contributed by atoms with Crippen molar-refractivity contribution in [1.82, 2.24) is 20.5 Å². The van der Waals surface area contributed by atoms with Crippen molar-refractivity contribution < 1.29 is 14.3 Å². The van der Waals surface area contributed by atoms with Gasteiger partial charge in [-0.15, -0.1) is 24.8 Å². The third-order valence-corrected chi connectivity index (χ3v) is 4.53. The second-order valence-electron chi connectivity index (χ2n) is 6.47. The van der Waals surface area contributed by atoms with Crippen molar-refractivity contribution in [3.05, 3.63) is 66.5 Å². The summed E-state index contributed by atoms with van der Waals surface area (Å²) < 4.78 is 4.68. The van der Waals surface area contributed by atoms with Crippen molar-refractivity contribution in [1.29, 1.82) is 0 Å². The number of methoxy groups -OCH3 is 1. The molecule has 0 bridgehead atoms. The van der Waals surface area contributed by atoms with E-state index in [1.807, 2.05) is 42.5 Å². The second kappa shape index (κ2) is 12.7. The van der Waals surface area contributed by atoms with Gasteiger partial charge in [-0.2, -0.15) is 5.10 Å². The van der Waals surface area contributed by atoms with Crippen LogP contribution in [0.25, 0.3) is 11.3 Å². The van der Waals surface area contributed by atoms with E-state index in [0.29, 0.717) is 12.2 Å². The van der Waals surface area contributed by atoms with Crippen LogP contribution in [0.2, 0.25) is 0 Å². The SMILES string of the molecule is COC(=O)CNC(Cc1ccccc1)C(=O)N(C)c1cc(-c2ccncc2)[nH]n1.Cl.Cl. The summed E-state index contributed by atoms with van der Waals surface area (Å²) in [5.41, 5.74) is 2.68. The zero-order chi connectivity index (χ0) is 20.6. The topological polar surface area (TPSA) is 100 Å². The van der Waals surface area contributed by atoms with Crippen molar-refractivity contribution in [3.8, 4) is 11.3 Å². The molecule has 8 nitrogen and oxygen atoms in total. The molecule has 0 aliphatic carbocycles. The monoisotopic (exact) mass is 465 g/mol. The molecule has 1 amide bonds. The lowest BCUT2D eigenvalue weighted by molar-refractivity contribution is -0.139. The third kappa shape index (κ3) is 7.06. The number of nitrogens with one attached hydrogen (secondary N) is 2. The largest absolute Gasteiger partial charge is 0.468 e. The van der Waals surface area contributed by atoms with Crippen LogP contribution in [0.3, 0.4) is 0 Å². The van der Waals surface area contributed by atoms with Crippen LogP contribution in [0, 0.1) is 0 Å². The number of carbonyl (C=O) groups excluding carboxylic acids is 2. The quantitative estimate of drug-likeness (QED) is 0.496. The summed E-state index contributed by atoms with van der Waals surface area (Å²) in [6, 6.07) is 14.5. The summed E-state index contributed by atoms with van der Waals surface area (Å²) in [6.07, 6.45) is 3.82. The highest BCUT2D eigenvalue weighted by atomic mass is 35.5. The Morgan fingerprint density at radius 2 is 1.81 bits per heavy atom. The lowest BCUT2D eigenvalue weighted by Crippen LogP contribution is -2.48. The van der Waals surface area contributed by atoms with Crippen LogP contribution < -0.4 is 10.2 Å². The third-order valence-electron chi connectivity index (χ3n) is 4.53. The highest BCUT2D eigenvalue weighted by molar-refractivity contribution is 5.96. The van der Waals surface area contributed by atoms with Gasteiger partial charge in [-0.3, -0.25) is 29.9 Å². The number of benzene rings is 1. The summed E-state index contributed by atoms with van der Waals surface area (Å²) >= 11 is 0. The number of rotatable bonds is 8. The molecule has 0 spiro atoms. The molecule has 0 aliphatic heterocycles. The lowest BCUT2D eigenvalue weighted by atomic mass is 10.0. The number of nitrogens with zero attached hydrogens (tertiary/aromatic N) is 3. The number of anilines is 1. The Morgan fingerprint density at radius 1 is 1.13 bits per heavy atom. The molecule has 2 aromatic heterocycles. The van der Waals surface area contributed by atoms with Gasteiger partial charge in [0.05, 0.1) is 25.4 Å². The van der Waals surface area contributed by atoms with E-state index in [-0.39, 0.29) is 37.3 Å². The number of hydrogen-bond acceptors (Lipinski definition) is 6. The first-order valence-corrected chi connectivity index (χ1v) is 9.16. The van der Waals surface area contributed by atoms with E-state index >= 15 is 0 Å². The predicted molar refractivity (Wildman–Crippen MR) is 124 cm³/mol. The van der Waals surface area contributed by atoms with E-state index in [1.165, 1.54) is 12.0 Å². The van der Waals surface area contributed by atoms with Crippen LogP contribution in [-0.2, 0) is 20.7 Å². The molecular formula is C21H25Cl2N5O3. The first-order chi connectivity index (χ1) is 14.1. The van der Waals surface area contributed by atoms with E-state index < -0.39 is 12.0 Å².